The van der Waals surface area contributed by atoms with Gasteiger partial charge in [0.15, 0.2) is 0 Å². The molecule has 1 aliphatic rings. The average molecular weight is 519 g/mol. The van der Waals surface area contributed by atoms with Crippen molar-refractivity contribution in [3.05, 3.63) is 100 Å². The van der Waals surface area contributed by atoms with E-state index in [1.54, 1.807) is 18.2 Å². The third kappa shape index (κ3) is 5.47. The van der Waals surface area contributed by atoms with Gasteiger partial charge in [-0.1, -0.05) is 29.8 Å². The summed E-state index contributed by atoms with van der Waals surface area (Å²) in [5.41, 5.74) is -0.683. The lowest BCUT2D eigenvalue weighted by Crippen LogP contribution is -2.55. The Morgan fingerprint density at radius 1 is 1.03 bits per heavy atom. The van der Waals surface area contributed by atoms with Gasteiger partial charge in [0.2, 0.25) is 0 Å². The van der Waals surface area contributed by atoms with E-state index >= 15 is 0 Å². The number of carbonyl (C=O) groups is 4. The van der Waals surface area contributed by atoms with Crippen molar-refractivity contribution in [2.45, 2.75) is 6.61 Å². The van der Waals surface area contributed by atoms with Crippen LogP contribution in [0.2, 0.25) is 5.02 Å². The summed E-state index contributed by atoms with van der Waals surface area (Å²) < 4.78 is 18.8. The SMILES string of the molecule is N#C/C(C(=O)Nc1ccc(F)cc1)=C1/C(=O)NC(=O)N(c2ccc(OCc3ccccc3Cl)cc2)C1=O. The molecule has 0 aromatic heterocycles. The maximum atomic E-state index is 13.1. The number of anilines is 2. The van der Waals surface area contributed by atoms with Crippen LogP contribution in [-0.4, -0.2) is 23.8 Å². The number of hydrogen-bond acceptors (Lipinski definition) is 6. The molecule has 3 aromatic rings. The van der Waals surface area contributed by atoms with Crippen molar-refractivity contribution in [1.29, 1.82) is 5.26 Å². The van der Waals surface area contributed by atoms with Crippen LogP contribution in [-0.2, 0) is 21.0 Å². The second kappa shape index (κ2) is 10.7. The Balaban J connectivity index is 1.56. The van der Waals surface area contributed by atoms with Crippen LogP contribution in [0.5, 0.6) is 5.75 Å². The Morgan fingerprint density at radius 3 is 2.35 bits per heavy atom. The maximum absolute atomic E-state index is 13.1. The number of ether oxygens (including phenoxy) is 1. The molecule has 1 saturated heterocycles. The predicted molar refractivity (Wildman–Crippen MR) is 131 cm³/mol. The third-order valence-electron chi connectivity index (χ3n) is 5.21. The quantitative estimate of drug-likeness (QED) is 0.287. The van der Waals surface area contributed by atoms with Crippen molar-refractivity contribution in [3.63, 3.8) is 0 Å². The van der Waals surface area contributed by atoms with Gasteiger partial charge in [0, 0.05) is 16.3 Å². The number of benzene rings is 3. The van der Waals surface area contributed by atoms with Gasteiger partial charge in [-0.3, -0.25) is 19.7 Å². The van der Waals surface area contributed by atoms with E-state index in [0.29, 0.717) is 15.7 Å². The zero-order chi connectivity index (χ0) is 26.5. The first-order chi connectivity index (χ1) is 17.8. The number of halogens is 2. The molecule has 2 N–H and O–H groups in total. The highest BCUT2D eigenvalue weighted by Crippen LogP contribution is 2.26. The van der Waals surface area contributed by atoms with E-state index in [-0.39, 0.29) is 18.0 Å². The Hall–Kier alpha value is -5.01. The Bertz CT molecular complexity index is 1480. The highest BCUT2D eigenvalue weighted by molar-refractivity contribution is 6.40. The van der Waals surface area contributed by atoms with Crippen LogP contribution >= 0.6 is 11.6 Å². The van der Waals surface area contributed by atoms with Gasteiger partial charge in [-0.15, -0.1) is 0 Å². The number of carbonyl (C=O) groups excluding carboxylic acids is 4. The molecule has 9 nitrogen and oxygen atoms in total. The fourth-order valence-electron chi connectivity index (χ4n) is 3.39. The number of rotatable bonds is 6. The van der Waals surface area contributed by atoms with Crippen LogP contribution < -0.4 is 20.3 Å². The first-order valence-electron chi connectivity index (χ1n) is 10.7. The standard InChI is InChI=1S/C26H16ClFN4O5/c27-21-4-2-1-3-15(21)14-37-19-11-9-18(10-12-19)32-25(35)22(24(34)31-26(32)36)20(13-29)23(33)30-17-7-5-16(28)6-8-17/h1-12H,14H2,(H,30,33)(H,31,34,36)/b22-20+. The van der Waals surface area contributed by atoms with Crippen molar-refractivity contribution < 1.29 is 28.3 Å². The molecule has 0 spiro atoms. The van der Waals surface area contributed by atoms with E-state index < -0.39 is 40.7 Å². The number of barbiturate groups is 1. The van der Waals surface area contributed by atoms with Crippen molar-refractivity contribution >= 4 is 46.7 Å². The van der Waals surface area contributed by atoms with Crippen molar-refractivity contribution in [3.8, 4) is 11.8 Å². The van der Waals surface area contributed by atoms with Crippen molar-refractivity contribution in [2.75, 3.05) is 10.2 Å². The summed E-state index contributed by atoms with van der Waals surface area (Å²) >= 11 is 6.12. The Labute approximate surface area is 214 Å². The Kier molecular flexibility index (Phi) is 7.27. The van der Waals surface area contributed by atoms with E-state index in [9.17, 15) is 28.8 Å². The molecule has 1 heterocycles. The minimum Gasteiger partial charge on any atom is -0.489 e. The smallest absolute Gasteiger partial charge is 0.335 e. The van der Waals surface area contributed by atoms with Gasteiger partial charge in [-0.05, 0) is 54.6 Å². The molecule has 3 aromatic carbocycles. The summed E-state index contributed by atoms with van der Waals surface area (Å²) in [6.45, 7) is 0.179. The average Bonchev–Trinajstić information content (AvgIpc) is 2.88. The minimum atomic E-state index is -1.20. The number of nitrogens with zero attached hydrogens (tertiary/aromatic N) is 2. The normalized spacial score (nSPS) is 14.5. The number of amides is 5. The third-order valence-corrected chi connectivity index (χ3v) is 5.57. The molecule has 37 heavy (non-hydrogen) atoms. The molecule has 0 bridgehead atoms. The summed E-state index contributed by atoms with van der Waals surface area (Å²) in [5, 5.41) is 14.4. The monoisotopic (exact) mass is 518 g/mol. The minimum absolute atomic E-state index is 0.0637. The molecule has 0 aliphatic carbocycles. The number of nitrogens with one attached hydrogen (secondary N) is 2. The van der Waals surface area contributed by atoms with Crippen LogP contribution in [0.1, 0.15) is 5.56 Å². The summed E-state index contributed by atoms with van der Waals surface area (Å²) in [4.78, 5) is 51.3. The number of nitriles is 1. The van der Waals surface area contributed by atoms with Crippen LogP contribution in [0.3, 0.4) is 0 Å². The molecule has 1 fully saturated rings. The Morgan fingerprint density at radius 2 is 1.70 bits per heavy atom. The van der Waals surface area contributed by atoms with Crippen LogP contribution in [0.4, 0.5) is 20.6 Å². The summed E-state index contributed by atoms with van der Waals surface area (Å²) in [7, 11) is 0. The highest BCUT2D eigenvalue weighted by atomic mass is 35.5. The first kappa shape index (κ1) is 25.1. The fraction of sp³-hybridized carbons (Fsp3) is 0.0385. The van der Waals surface area contributed by atoms with Gasteiger partial charge in [0.1, 0.15) is 35.4 Å². The highest BCUT2D eigenvalue weighted by Gasteiger charge is 2.40. The first-order valence-corrected chi connectivity index (χ1v) is 11.0. The lowest BCUT2D eigenvalue weighted by Gasteiger charge is -2.26. The molecular formula is C26H16ClFN4O5. The second-order valence-electron chi connectivity index (χ2n) is 7.60. The van der Waals surface area contributed by atoms with Gasteiger partial charge >= 0.3 is 6.03 Å². The van der Waals surface area contributed by atoms with Gasteiger partial charge in [0.25, 0.3) is 17.7 Å². The van der Waals surface area contributed by atoms with E-state index in [2.05, 4.69) is 5.32 Å². The second-order valence-corrected chi connectivity index (χ2v) is 8.00. The summed E-state index contributed by atoms with van der Waals surface area (Å²) in [6.07, 6.45) is 0. The molecule has 0 saturated carbocycles. The van der Waals surface area contributed by atoms with Crippen LogP contribution in [0, 0.1) is 17.1 Å². The van der Waals surface area contributed by atoms with Crippen LogP contribution in [0.15, 0.2) is 83.9 Å². The predicted octanol–water partition coefficient (Wildman–Crippen LogP) is 4.10. The topological polar surface area (TPSA) is 129 Å². The number of imide groups is 2. The lowest BCUT2D eigenvalue weighted by molar-refractivity contribution is -0.123. The molecule has 5 amide bonds. The zero-order valence-corrected chi connectivity index (χ0v) is 19.6. The van der Waals surface area contributed by atoms with E-state index in [0.717, 1.165) is 17.7 Å². The molecule has 1 aliphatic heterocycles. The molecular weight excluding hydrogens is 503 g/mol. The van der Waals surface area contributed by atoms with E-state index in [1.807, 2.05) is 11.4 Å². The molecule has 184 valence electrons. The zero-order valence-electron chi connectivity index (χ0n) is 18.8. The van der Waals surface area contributed by atoms with Crippen LogP contribution in [0.25, 0.3) is 0 Å². The number of hydrogen-bond donors (Lipinski definition) is 2. The molecule has 0 unspecified atom stereocenters. The van der Waals surface area contributed by atoms with E-state index in [4.69, 9.17) is 16.3 Å². The van der Waals surface area contributed by atoms with Gasteiger partial charge in [-0.2, -0.15) is 5.26 Å². The maximum Gasteiger partial charge on any atom is 0.335 e. The van der Waals surface area contributed by atoms with Gasteiger partial charge < -0.3 is 10.1 Å². The van der Waals surface area contributed by atoms with Crippen molar-refractivity contribution in [2.24, 2.45) is 0 Å². The summed E-state index contributed by atoms with van der Waals surface area (Å²) in [5.74, 6) is -3.57. The van der Waals surface area contributed by atoms with Gasteiger partial charge in [0.05, 0.1) is 5.69 Å². The van der Waals surface area contributed by atoms with E-state index in [1.165, 1.54) is 42.5 Å². The lowest BCUT2D eigenvalue weighted by atomic mass is 10.0. The van der Waals surface area contributed by atoms with Gasteiger partial charge in [-0.25, -0.2) is 14.1 Å². The molecule has 0 atom stereocenters. The molecule has 4 rings (SSSR count). The largest absolute Gasteiger partial charge is 0.489 e. The fourth-order valence-corrected chi connectivity index (χ4v) is 3.58. The molecule has 0 radical (unpaired) electrons. The summed E-state index contributed by atoms with van der Waals surface area (Å²) in [6, 6.07) is 18.1. The number of urea groups is 1. The molecule has 11 heteroatoms. The van der Waals surface area contributed by atoms with Crippen molar-refractivity contribution in [1.82, 2.24) is 5.32 Å².